The summed E-state index contributed by atoms with van der Waals surface area (Å²) in [4.78, 5) is 33.2. The summed E-state index contributed by atoms with van der Waals surface area (Å²) in [5.74, 6) is -0.503. The number of carbonyl (C=O) groups is 2. The van der Waals surface area contributed by atoms with Crippen LogP contribution in [0.25, 0.3) is 0 Å². The highest BCUT2D eigenvalue weighted by Crippen LogP contribution is 2.03. The van der Waals surface area contributed by atoms with Crippen LogP contribution in [0.1, 0.15) is 31.3 Å². The van der Waals surface area contributed by atoms with Crippen molar-refractivity contribution in [3.63, 3.8) is 0 Å². The van der Waals surface area contributed by atoms with Crippen molar-refractivity contribution >= 4 is 12.0 Å². The van der Waals surface area contributed by atoms with E-state index in [1.807, 2.05) is 6.92 Å². The largest absolute Gasteiger partial charge is 0.519 e. The van der Waals surface area contributed by atoms with E-state index in [2.05, 4.69) is 15.1 Å². The molecular formula is C12H18N2O6. The molecule has 112 valence electrons. The zero-order valence-electron chi connectivity index (χ0n) is 11.5. The molecule has 1 aromatic rings. The van der Waals surface area contributed by atoms with E-state index in [-0.39, 0.29) is 31.4 Å². The Morgan fingerprint density at radius 3 is 2.60 bits per heavy atom. The molecule has 0 saturated carbocycles. The number of urea groups is 1. The first-order valence-electron chi connectivity index (χ1n) is 6.29. The van der Waals surface area contributed by atoms with E-state index in [1.165, 1.54) is 0 Å². The van der Waals surface area contributed by atoms with E-state index < -0.39 is 11.9 Å². The smallest absolute Gasteiger partial charge is 0.464 e. The lowest BCUT2D eigenvalue weighted by Gasteiger charge is -2.07. The molecule has 0 aliphatic rings. The van der Waals surface area contributed by atoms with Gasteiger partial charge in [-0.15, -0.1) is 0 Å². The van der Waals surface area contributed by atoms with Gasteiger partial charge in [0.05, 0.1) is 13.1 Å². The SMILES string of the molecule is CCCC(=O)OCCNC(=O)NCc1oc(=O)oc1C. The van der Waals surface area contributed by atoms with E-state index in [4.69, 9.17) is 9.15 Å². The third-order valence-electron chi connectivity index (χ3n) is 2.35. The molecule has 2 amide bonds. The Morgan fingerprint density at radius 2 is 2.00 bits per heavy atom. The highest BCUT2D eigenvalue weighted by atomic mass is 16.6. The molecule has 0 aromatic carbocycles. The monoisotopic (exact) mass is 286 g/mol. The quantitative estimate of drug-likeness (QED) is 0.563. The Morgan fingerprint density at radius 1 is 1.25 bits per heavy atom. The standard InChI is InChI=1S/C12H18N2O6/c1-3-4-10(15)18-6-5-13-11(16)14-7-9-8(2)19-12(17)20-9/h3-7H2,1-2H3,(H2,13,14,16). The molecule has 2 N–H and O–H groups in total. The van der Waals surface area contributed by atoms with Gasteiger partial charge in [-0.1, -0.05) is 6.92 Å². The van der Waals surface area contributed by atoms with E-state index in [1.54, 1.807) is 6.92 Å². The van der Waals surface area contributed by atoms with Crippen LogP contribution in [-0.4, -0.2) is 25.2 Å². The number of ether oxygens (including phenoxy) is 1. The number of esters is 1. The highest BCUT2D eigenvalue weighted by Gasteiger charge is 2.09. The first-order chi connectivity index (χ1) is 9.52. The maximum Gasteiger partial charge on any atom is 0.519 e. The average molecular weight is 286 g/mol. The molecule has 8 nitrogen and oxygen atoms in total. The molecule has 0 aliphatic heterocycles. The van der Waals surface area contributed by atoms with Crippen molar-refractivity contribution in [3.05, 3.63) is 22.1 Å². The Hall–Kier alpha value is -2.25. The van der Waals surface area contributed by atoms with Gasteiger partial charge in [0.1, 0.15) is 12.4 Å². The molecule has 20 heavy (non-hydrogen) atoms. The molecule has 0 spiro atoms. The zero-order valence-corrected chi connectivity index (χ0v) is 11.5. The lowest BCUT2D eigenvalue weighted by atomic mass is 10.3. The van der Waals surface area contributed by atoms with E-state index in [9.17, 15) is 14.4 Å². The zero-order chi connectivity index (χ0) is 15.0. The number of hydrogen-bond donors (Lipinski definition) is 2. The Bertz CT molecular complexity index is 504. The first-order valence-corrected chi connectivity index (χ1v) is 6.29. The molecule has 0 bridgehead atoms. The van der Waals surface area contributed by atoms with Crippen LogP contribution in [0.15, 0.2) is 13.6 Å². The van der Waals surface area contributed by atoms with Gasteiger partial charge in [0.15, 0.2) is 5.76 Å². The summed E-state index contributed by atoms with van der Waals surface area (Å²) in [6.45, 7) is 3.80. The van der Waals surface area contributed by atoms with Crippen molar-refractivity contribution < 1.29 is 23.2 Å². The minimum absolute atomic E-state index is 0.0407. The predicted molar refractivity (Wildman–Crippen MR) is 68.1 cm³/mol. The normalized spacial score (nSPS) is 10.1. The second-order valence-electron chi connectivity index (χ2n) is 4.01. The van der Waals surface area contributed by atoms with Gasteiger partial charge in [-0.05, 0) is 13.3 Å². The lowest BCUT2D eigenvalue weighted by Crippen LogP contribution is -2.37. The fraction of sp³-hybridized carbons (Fsp3) is 0.583. The molecule has 1 heterocycles. The summed E-state index contributed by atoms with van der Waals surface area (Å²) in [6.07, 6.45) is 1.09. The van der Waals surface area contributed by atoms with Crippen molar-refractivity contribution in [2.75, 3.05) is 13.2 Å². The van der Waals surface area contributed by atoms with Crippen molar-refractivity contribution in [2.45, 2.75) is 33.2 Å². The fourth-order valence-electron chi connectivity index (χ4n) is 1.36. The minimum atomic E-state index is -0.803. The number of nitrogens with one attached hydrogen (secondary N) is 2. The van der Waals surface area contributed by atoms with Gasteiger partial charge in [-0.2, -0.15) is 0 Å². The number of hydrogen-bond acceptors (Lipinski definition) is 6. The van der Waals surface area contributed by atoms with Gasteiger partial charge in [-0.3, -0.25) is 4.79 Å². The van der Waals surface area contributed by atoms with Gasteiger partial charge < -0.3 is 24.2 Å². The molecule has 0 aliphatic carbocycles. The second kappa shape index (κ2) is 8.03. The number of carbonyl (C=O) groups excluding carboxylic acids is 2. The van der Waals surface area contributed by atoms with Gasteiger partial charge in [-0.25, -0.2) is 9.59 Å². The van der Waals surface area contributed by atoms with Crippen molar-refractivity contribution in [1.29, 1.82) is 0 Å². The Balaban J connectivity index is 2.16. The average Bonchev–Trinajstić information content (AvgIpc) is 2.71. The van der Waals surface area contributed by atoms with E-state index in [0.29, 0.717) is 12.2 Å². The summed E-state index contributed by atoms with van der Waals surface area (Å²) in [5.41, 5.74) is 0. The topological polar surface area (TPSA) is 111 Å². The number of amides is 2. The third kappa shape index (κ3) is 5.59. The van der Waals surface area contributed by atoms with Crippen molar-refractivity contribution in [1.82, 2.24) is 10.6 Å². The first kappa shape index (κ1) is 15.8. The molecule has 1 aromatic heterocycles. The highest BCUT2D eigenvalue weighted by molar-refractivity contribution is 5.73. The van der Waals surface area contributed by atoms with Crippen molar-refractivity contribution in [2.24, 2.45) is 0 Å². The van der Waals surface area contributed by atoms with E-state index >= 15 is 0 Å². The predicted octanol–water partition coefficient (Wildman–Crippen LogP) is 0.684. The van der Waals surface area contributed by atoms with Gasteiger partial charge >= 0.3 is 17.8 Å². The van der Waals surface area contributed by atoms with Gasteiger partial charge in [0.25, 0.3) is 0 Å². The summed E-state index contributed by atoms with van der Waals surface area (Å²) in [5, 5.41) is 4.98. The van der Waals surface area contributed by atoms with Crippen molar-refractivity contribution in [3.8, 4) is 0 Å². The fourth-order valence-corrected chi connectivity index (χ4v) is 1.36. The molecule has 0 fully saturated rings. The molecule has 0 unspecified atom stereocenters. The second-order valence-corrected chi connectivity index (χ2v) is 4.01. The molecule has 0 saturated heterocycles. The Kier molecular flexibility index (Phi) is 6.34. The van der Waals surface area contributed by atoms with Crippen LogP contribution in [0.5, 0.6) is 0 Å². The maximum atomic E-state index is 11.4. The van der Waals surface area contributed by atoms with Crippen LogP contribution in [0.4, 0.5) is 4.79 Å². The molecule has 8 heteroatoms. The molecule has 0 radical (unpaired) electrons. The summed E-state index contributed by atoms with van der Waals surface area (Å²) in [7, 11) is 0. The number of rotatable bonds is 7. The van der Waals surface area contributed by atoms with Crippen LogP contribution < -0.4 is 16.5 Å². The van der Waals surface area contributed by atoms with Gasteiger partial charge in [0.2, 0.25) is 0 Å². The molecular weight excluding hydrogens is 268 g/mol. The van der Waals surface area contributed by atoms with Crippen LogP contribution in [0.2, 0.25) is 0 Å². The molecule has 0 atom stereocenters. The summed E-state index contributed by atoms with van der Waals surface area (Å²) >= 11 is 0. The van der Waals surface area contributed by atoms with Gasteiger partial charge in [0, 0.05) is 6.42 Å². The summed E-state index contributed by atoms with van der Waals surface area (Å²) in [6, 6.07) is -0.459. The third-order valence-corrected chi connectivity index (χ3v) is 2.35. The Labute approximate surface area is 115 Å². The molecule has 1 rings (SSSR count). The minimum Gasteiger partial charge on any atom is -0.464 e. The van der Waals surface area contributed by atoms with Crippen LogP contribution in [-0.2, 0) is 16.1 Å². The van der Waals surface area contributed by atoms with Crippen LogP contribution in [0, 0.1) is 6.92 Å². The lowest BCUT2D eigenvalue weighted by molar-refractivity contribution is -0.143. The van der Waals surface area contributed by atoms with E-state index in [0.717, 1.165) is 6.42 Å². The number of aryl methyl sites for hydroxylation is 1. The summed E-state index contributed by atoms with van der Waals surface area (Å²) < 4.78 is 14.2. The van der Waals surface area contributed by atoms with Crippen LogP contribution >= 0.6 is 0 Å². The maximum absolute atomic E-state index is 11.4. The van der Waals surface area contributed by atoms with Crippen LogP contribution in [0.3, 0.4) is 0 Å².